The zero-order valence-corrected chi connectivity index (χ0v) is 24.7. The zero-order valence-electron chi connectivity index (χ0n) is 24.7. The van der Waals surface area contributed by atoms with Crippen molar-refractivity contribution >= 4 is 29.1 Å². The summed E-state index contributed by atoms with van der Waals surface area (Å²) in [5.41, 5.74) is 2.90. The van der Waals surface area contributed by atoms with E-state index in [1.54, 1.807) is 22.2 Å². The van der Waals surface area contributed by atoms with Crippen molar-refractivity contribution in [2.75, 3.05) is 26.2 Å². The van der Waals surface area contributed by atoms with Crippen LogP contribution in [0.1, 0.15) is 76.0 Å². The number of Topliss-reactive ketones (excluding diaryl/α,β-unsaturated/α-hetero) is 1. The first-order valence-electron chi connectivity index (χ1n) is 13.2. The Bertz CT molecular complexity index is 1340. The van der Waals surface area contributed by atoms with Crippen molar-refractivity contribution in [2.45, 2.75) is 66.3 Å². The van der Waals surface area contributed by atoms with Crippen LogP contribution in [0.2, 0.25) is 0 Å². The number of aliphatic hydroxyl groups excluding tert-OH is 1. The third-order valence-corrected chi connectivity index (χ3v) is 5.64. The molecule has 12 heteroatoms. The van der Waals surface area contributed by atoms with Gasteiger partial charge in [-0.2, -0.15) is 0 Å². The van der Waals surface area contributed by atoms with E-state index in [-0.39, 0.29) is 24.6 Å². The van der Waals surface area contributed by atoms with Gasteiger partial charge in [0.1, 0.15) is 16.9 Å². The minimum absolute atomic E-state index is 0.132. The summed E-state index contributed by atoms with van der Waals surface area (Å²) in [4.78, 5) is 55.1. The van der Waals surface area contributed by atoms with E-state index in [0.717, 1.165) is 11.1 Å². The van der Waals surface area contributed by atoms with Gasteiger partial charge in [-0.1, -0.05) is 12.2 Å². The molecule has 0 unspecified atom stereocenters. The molecule has 0 aromatic carbocycles. The molecule has 0 saturated heterocycles. The van der Waals surface area contributed by atoms with Crippen molar-refractivity contribution in [3.05, 3.63) is 59.7 Å². The third-order valence-electron chi connectivity index (χ3n) is 5.64. The molecule has 220 valence electrons. The maximum atomic E-state index is 12.0. The summed E-state index contributed by atoms with van der Waals surface area (Å²) < 4.78 is 10.7. The second-order valence-electron chi connectivity index (χ2n) is 11.6. The number of amides is 2. The molecule has 0 radical (unpaired) electrons. The Labute approximate surface area is 240 Å². The average molecular weight is 567 g/mol. The molecule has 0 saturated carbocycles. The van der Waals surface area contributed by atoms with Crippen LogP contribution in [-0.2, 0) is 16.1 Å². The average Bonchev–Trinajstić information content (AvgIpc) is 3.58. The molecule has 2 aliphatic heterocycles. The summed E-state index contributed by atoms with van der Waals surface area (Å²) in [6.07, 6.45) is 9.31. The zero-order chi connectivity index (χ0) is 30.4. The van der Waals surface area contributed by atoms with E-state index in [4.69, 9.17) is 14.6 Å². The molecule has 2 aromatic heterocycles. The lowest BCUT2D eigenvalue weighted by Crippen LogP contribution is -2.35. The van der Waals surface area contributed by atoms with Crippen LogP contribution in [0.15, 0.2) is 36.9 Å². The van der Waals surface area contributed by atoms with Crippen LogP contribution in [0, 0.1) is 0 Å². The number of nitrogens with zero attached hydrogens (tertiary/aromatic N) is 6. The van der Waals surface area contributed by atoms with Crippen molar-refractivity contribution < 1.29 is 29.0 Å². The van der Waals surface area contributed by atoms with Crippen LogP contribution in [0.25, 0.3) is 11.1 Å². The van der Waals surface area contributed by atoms with Gasteiger partial charge in [0.2, 0.25) is 0 Å². The van der Waals surface area contributed by atoms with Gasteiger partial charge in [-0.15, -0.1) is 0 Å². The fourth-order valence-electron chi connectivity index (χ4n) is 3.74. The van der Waals surface area contributed by atoms with Gasteiger partial charge < -0.3 is 24.4 Å². The van der Waals surface area contributed by atoms with Crippen LogP contribution in [0.3, 0.4) is 0 Å². The Morgan fingerprint density at radius 2 is 1.24 bits per heavy atom. The molecule has 4 heterocycles. The summed E-state index contributed by atoms with van der Waals surface area (Å²) in [7, 11) is 0. The predicted molar refractivity (Wildman–Crippen MR) is 152 cm³/mol. The van der Waals surface area contributed by atoms with Crippen molar-refractivity contribution in [1.29, 1.82) is 0 Å². The number of carbonyl (C=O) groups is 3. The van der Waals surface area contributed by atoms with Gasteiger partial charge in [0.05, 0.1) is 61.6 Å². The van der Waals surface area contributed by atoms with Gasteiger partial charge in [0.15, 0.2) is 5.78 Å². The molecule has 41 heavy (non-hydrogen) atoms. The quantitative estimate of drug-likeness (QED) is 0.540. The lowest BCUT2D eigenvalue weighted by molar-refractivity contribution is 0.0295. The number of carbonyl (C=O) groups excluding carboxylic acids is 3. The summed E-state index contributed by atoms with van der Waals surface area (Å²) in [6.45, 7) is 14.1. The topological polar surface area (TPSA) is 148 Å². The van der Waals surface area contributed by atoms with E-state index < -0.39 is 11.2 Å². The standard InChI is InChI=1S/C15H19N3O3.C14H19N3O3/c1-10(19)12-7-16-8-13(17-12)11-5-6-18(9-11)14(20)21-15(2,3)4;1-14(2,3)20-13(19)17-5-4-10(8-17)12-7-15-6-11(9-18)16-12/h5,7-8H,6,9H2,1-4H3;4,6-7,18H,5,8-9H2,1-3H3. The summed E-state index contributed by atoms with van der Waals surface area (Å²) in [5.74, 6) is -0.132. The summed E-state index contributed by atoms with van der Waals surface area (Å²) in [6, 6.07) is 0. The molecule has 0 fully saturated rings. The van der Waals surface area contributed by atoms with Crippen LogP contribution < -0.4 is 0 Å². The number of aromatic nitrogens is 4. The van der Waals surface area contributed by atoms with E-state index in [1.165, 1.54) is 19.3 Å². The van der Waals surface area contributed by atoms with Crippen molar-refractivity contribution in [3.63, 3.8) is 0 Å². The highest BCUT2D eigenvalue weighted by Crippen LogP contribution is 2.22. The van der Waals surface area contributed by atoms with Gasteiger partial charge in [-0.25, -0.2) is 19.6 Å². The largest absolute Gasteiger partial charge is 0.444 e. The Hall–Kier alpha value is -4.19. The normalized spacial score (nSPS) is 15.0. The third kappa shape index (κ3) is 9.45. The molecular formula is C29H38N6O6. The van der Waals surface area contributed by atoms with Crippen LogP contribution in [0.4, 0.5) is 9.59 Å². The highest BCUT2D eigenvalue weighted by atomic mass is 16.6. The van der Waals surface area contributed by atoms with Gasteiger partial charge in [-0.3, -0.25) is 14.8 Å². The summed E-state index contributed by atoms with van der Waals surface area (Å²) in [5, 5.41) is 9.07. The lowest BCUT2D eigenvalue weighted by atomic mass is 10.2. The van der Waals surface area contributed by atoms with E-state index >= 15 is 0 Å². The number of ether oxygens (including phenoxy) is 2. The molecule has 2 amide bonds. The first-order valence-corrected chi connectivity index (χ1v) is 13.2. The van der Waals surface area contributed by atoms with E-state index in [2.05, 4.69) is 19.9 Å². The Morgan fingerprint density at radius 1 is 0.780 bits per heavy atom. The van der Waals surface area contributed by atoms with E-state index in [9.17, 15) is 14.4 Å². The van der Waals surface area contributed by atoms with Crippen molar-refractivity contribution in [2.24, 2.45) is 0 Å². The number of aliphatic hydroxyl groups is 1. The van der Waals surface area contributed by atoms with Crippen LogP contribution >= 0.6 is 0 Å². The highest BCUT2D eigenvalue weighted by Gasteiger charge is 2.27. The number of hydrogen-bond donors (Lipinski definition) is 1. The van der Waals surface area contributed by atoms with Gasteiger partial charge in [0.25, 0.3) is 0 Å². The highest BCUT2D eigenvalue weighted by molar-refractivity contribution is 5.92. The SMILES string of the molecule is CC(=O)c1cncc(C2=CCN(C(=O)OC(C)(C)C)C2)n1.CC(C)(C)OC(=O)N1CC=C(c2cncc(CO)n2)C1. The molecule has 1 N–H and O–H groups in total. The second kappa shape index (κ2) is 13.0. The van der Waals surface area contributed by atoms with Crippen LogP contribution in [-0.4, -0.2) is 90.2 Å². The van der Waals surface area contributed by atoms with E-state index in [0.29, 0.717) is 49.0 Å². The molecule has 0 atom stereocenters. The molecule has 12 nitrogen and oxygen atoms in total. The molecule has 2 aliphatic rings. The fraction of sp³-hybridized carbons (Fsp3) is 0.483. The monoisotopic (exact) mass is 566 g/mol. The Kier molecular flexibility index (Phi) is 9.92. The second-order valence-corrected chi connectivity index (χ2v) is 11.6. The fourth-order valence-corrected chi connectivity index (χ4v) is 3.74. The van der Waals surface area contributed by atoms with Gasteiger partial charge in [0, 0.05) is 20.0 Å². The number of hydrogen-bond acceptors (Lipinski definition) is 10. The molecule has 0 aliphatic carbocycles. The first-order chi connectivity index (χ1) is 19.1. The van der Waals surface area contributed by atoms with Crippen LogP contribution in [0.5, 0.6) is 0 Å². The Morgan fingerprint density at radius 3 is 1.68 bits per heavy atom. The lowest BCUT2D eigenvalue weighted by Gasteiger charge is -2.24. The Balaban J connectivity index is 0.000000226. The summed E-state index contributed by atoms with van der Waals surface area (Å²) >= 11 is 0. The van der Waals surface area contributed by atoms with E-state index in [1.807, 2.05) is 53.7 Å². The smallest absolute Gasteiger partial charge is 0.410 e. The predicted octanol–water partition coefficient (Wildman–Crippen LogP) is 3.92. The van der Waals surface area contributed by atoms with Gasteiger partial charge in [-0.05, 0) is 52.7 Å². The first kappa shape index (κ1) is 31.3. The number of ketones is 1. The molecule has 0 bridgehead atoms. The molecule has 2 aromatic rings. The molecule has 4 rings (SSSR count). The minimum Gasteiger partial charge on any atom is -0.444 e. The maximum absolute atomic E-state index is 12.0. The number of rotatable bonds is 4. The van der Waals surface area contributed by atoms with Gasteiger partial charge >= 0.3 is 12.2 Å². The van der Waals surface area contributed by atoms with Crippen molar-refractivity contribution in [3.8, 4) is 0 Å². The van der Waals surface area contributed by atoms with Crippen molar-refractivity contribution in [1.82, 2.24) is 29.7 Å². The minimum atomic E-state index is -0.520. The maximum Gasteiger partial charge on any atom is 0.410 e. The molecular weight excluding hydrogens is 528 g/mol. The molecule has 0 spiro atoms.